The van der Waals surface area contributed by atoms with Crippen molar-refractivity contribution in [2.45, 2.75) is 17.7 Å². The highest BCUT2D eigenvalue weighted by Crippen LogP contribution is 2.26. The van der Waals surface area contributed by atoms with Gasteiger partial charge in [0.15, 0.2) is 6.61 Å². The number of nitrogens with zero attached hydrogens (tertiary/aromatic N) is 1. The summed E-state index contributed by atoms with van der Waals surface area (Å²) in [4.78, 5) is 38.1. The molecule has 0 aliphatic carbocycles. The summed E-state index contributed by atoms with van der Waals surface area (Å²) in [6.45, 7) is 1.27. The number of halogens is 2. The lowest BCUT2D eigenvalue weighted by Crippen LogP contribution is -2.38. The first-order valence-electron chi connectivity index (χ1n) is 6.54. The number of amides is 2. The van der Waals surface area contributed by atoms with E-state index in [4.69, 9.17) is 4.74 Å². The molecule has 0 unspecified atom stereocenters. The second-order valence-electron chi connectivity index (χ2n) is 4.04. The van der Waals surface area contributed by atoms with Gasteiger partial charge in [0.05, 0.1) is 12.1 Å². The molecule has 0 bridgehead atoms. The lowest BCUT2D eigenvalue weighted by molar-refractivity contribution is -0.127. The van der Waals surface area contributed by atoms with Crippen LogP contribution >= 0.6 is 11.8 Å². The Labute approximate surface area is 135 Å². The number of aromatic nitrogens is 1. The molecule has 0 aliphatic rings. The van der Waals surface area contributed by atoms with Crippen molar-refractivity contribution in [3.05, 3.63) is 23.9 Å². The fourth-order valence-corrected chi connectivity index (χ4v) is 1.99. The number of pyridine rings is 1. The molecule has 10 heteroatoms. The van der Waals surface area contributed by atoms with Gasteiger partial charge in [-0.15, -0.1) is 0 Å². The maximum Gasteiger partial charge on any atom is 0.341 e. The SMILES string of the molecule is CCNC(=O)CNC(=O)COC(=O)c1cccnc1SC(F)F. The van der Waals surface area contributed by atoms with Crippen molar-refractivity contribution in [1.29, 1.82) is 0 Å². The van der Waals surface area contributed by atoms with Gasteiger partial charge in [-0.05, 0) is 30.8 Å². The van der Waals surface area contributed by atoms with E-state index in [1.165, 1.54) is 18.3 Å². The maximum absolute atomic E-state index is 12.4. The van der Waals surface area contributed by atoms with Gasteiger partial charge in [0, 0.05) is 12.7 Å². The topological polar surface area (TPSA) is 97.4 Å². The number of alkyl halides is 2. The van der Waals surface area contributed by atoms with E-state index >= 15 is 0 Å². The molecule has 1 aromatic heterocycles. The summed E-state index contributed by atoms with van der Waals surface area (Å²) >= 11 is 0.109. The lowest BCUT2D eigenvalue weighted by atomic mass is 10.3. The molecule has 0 saturated heterocycles. The van der Waals surface area contributed by atoms with Crippen molar-refractivity contribution >= 4 is 29.5 Å². The Bertz CT molecular complexity index is 572. The van der Waals surface area contributed by atoms with Crippen LogP contribution in [0.15, 0.2) is 23.4 Å². The van der Waals surface area contributed by atoms with E-state index in [0.717, 1.165) is 0 Å². The molecule has 0 fully saturated rings. The van der Waals surface area contributed by atoms with Crippen LogP contribution in [0.25, 0.3) is 0 Å². The summed E-state index contributed by atoms with van der Waals surface area (Å²) in [6, 6.07) is 2.66. The monoisotopic (exact) mass is 347 g/mol. The van der Waals surface area contributed by atoms with Crippen molar-refractivity contribution < 1.29 is 27.9 Å². The number of hydrogen-bond acceptors (Lipinski definition) is 6. The molecule has 7 nitrogen and oxygen atoms in total. The molecule has 0 spiro atoms. The number of likely N-dealkylation sites (N-methyl/N-ethyl adjacent to an activating group) is 1. The largest absolute Gasteiger partial charge is 0.452 e. The van der Waals surface area contributed by atoms with E-state index in [1.807, 2.05) is 0 Å². The zero-order chi connectivity index (χ0) is 17.2. The van der Waals surface area contributed by atoms with Crippen molar-refractivity contribution in [3.63, 3.8) is 0 Å². The second kappa shape index (κ2) is 9.72. The number of thioether (sulfide) groups is 1. The summed E-state index contributed by atoms with van der Waals surface area (Å²) in [5.41, 5.74) is -0.158. The molecule has 0 saturated carbocycles. The minimum Gasteiger partial charge on any atom is -0.452 e. The van der Waals surface area contributed by atoms with E-state index in [2.05, 4.69) is 15.6 Å². The van der Waals surface area contributed by atoms with Crippen LogP contribution in [0.1, 0.15) is 17.3 Å². The zero-order valence-electron chi connectivity index (χ0n) is 12.2. The average molecular weight is 347 g/mol. The molecular formula is C13H15F2N3O4S. The van der Waals surface area contributed by atoms with Crippen molar-refractivity contribution in [2.75, 3.05) is 19.7 Å². The van der Waals surface area contributed by atoms with Gasteiger partial charge < -0.3 is 15.4 Å². The molecule has 2 amide bonds. The van der Waals surface area contributed by atoms with Gasteiger partial charge in [-0.25, -0.2) is 9.78 Å². The van der Waals surface area contributed by atoms with E-state index in [1.54, 1.807) is 6.92 Å². The highest BCUT2D eigenvalue weighted by Gasteiger charge is 2.18. The summed E-state index contributed by atoms with van der Waals surface area (Å²) in [7, 11) is 0. The molecule has 1 rings (SSSR count). The van der Waals surface area contributed by atoms with Gasteiger partial charge in [0.25, 0.3) is 11.7 Å². The highest BCUT2D eigenvalue weighted by atomic mass is 32.2. The summed E-state index contributed by atoms with van der Waals surface area (Å²) in [6.07, 6.45) is 1.26. The van der Waals surface area contributed by atoms with Crippen LogP contribution < -0.4 is 10.6 Å². The first kappa shape index (κ1) is 18.8. The van der Waals surface area contributed by atoms with Crippen molar-refractivity contribution in [1.82, 2.24) is 15.6 Å². The van der Waals surface area contributed by atoms with Crippen LogP contribution in [0.5, 0.6) is 0 Å². The third kappa shape index (κ3) is 7.04. The van der Waals surface area contributed by atoms with Crippen LogP contribution in [-0.2, 0) is 14.3 Å². The Morgan fingerprint density at radius 3 is 2.70 bits per heavy atom. The number of rotatable bonds is 8. The van der Waals surface area contributed by atoms with Crippen molar-refractivity contribution in [2.24, 2.45) is 0 Å². The molecule has 1 aromatic rings. The average Bonchev–Trinajstić information content (AvgIpc) is 2.51. The van der Waals surface area contributed by atoms with Gasteiger partial charge >= 0.3 is 5.97 Å². The maximum atomic E-state index is 12.4. The number of nitrogens with one attached hydrogen (secondary N) is 2. The Morgan fingerprint density at radius 1 is 1.30 bits per heavy atom. The fraction of sp³-hybridized carbons (Fsp3) is 0.385. The molecule has 1 heterocycles. The lowest BCUT2D eigenvalue weighted by Gasteiger charge is -2.08. The molecule has 0 aliphatic heterocycles. The number of carbonyl (C=O) groups excluding carboxylic acids is 3. The highest BCUT2D eigenvalue weighted by molar-refractivity contribution is 7.99. The molecule has 0 aromatic carbocycles. The van der Waals surface area contributed by atoms with Crippen LogP contribution in [-0.4, -0.2) is 48.2 Å². The summed E-state index contributed by atoms with van der Waals surface area (Å²) in [5, 5.41) is 4.54. The first-order valence-corrected chi connectivity index (χ1v) is 7.42. The second-order valence-corrected chi connectivity index (χ2v) is 5.02. The molecule has 2 N–H and O–H groups in total. The van der Waals surface area contributed by atoms with E-state index < -0.39 is 24.2 Å². The van der Waals surface area contributed by atoms with Crippen LogP contribution in [0.4, 0.5) is 8.78 Å². The normalized spacial score (nSPS) is 10.3. The number of ether oxygens (including phenoxy) is 1. The third-order valence-corrected chi connectivity index (χ3v) is 3.07. The minimum atomic E-state index is -2.74. The third-order valence-electron chi connectivity index (χ3n) is 2.35. The van der Waals surface area contributed by atoms with E-state index in [9.17, 15) is 23.2 Å². The molecule has 126 valence electrons. The van der Waals surface area contributed by atoms with Crippen LogP contribution in [0.3, 0.4) is 0 Å². The Hall–Kier alpha value is -2.23. The standard InChI is InChI=1S/C13H15F2N3O4S/c1-2-16-9(19)6-18-10(20)7-22-12(21)8-4-3-5-17-11(8)23-13(14)15/h3-5,13H,2,6-7H2,1H3,(H,16,19)(H,18,20). The number of esters is 1. The predicted octanol–water partition coefficient (Wildman–Crippen LogP) is 0.805. The van der Waals surface area contributed by atoms with E-state index in [-0.39, 0.29) is 34.8 Å². The quantitative estimate of drug-likeness (QED) is 0.533. The van der Waals surface area contributed by atoms with Crippen LogP contribution in [0.2, 0.25) is 0 Å². The van der Waals surface area contributed by atoms with Crippen molar-refractivity contribution in [3.8, 4) is 0 Å². The summed E-state index contributed by atoms with van der Waals surface area (Å²) in [5.74, 6) is -4.75. The Morgan fingerprint density at radius 2 is 2.04 bits per heavy atom. The van der Waals surface area contributed by atoms with Gasteiger partial charge in [0.1, 0.15) is 5.03 Å². The molecule has 23 heavy (non-hydrogen) atoms. The Balaban J connectivity index is 2.51. The van der Waals surface area contributed by atoms with Gasteiger partial charge in [-0.2, -0.15) is 8.78 Å². The van der Waals surface area contributed by atoms with Gasteiger partial charge in [-0.1, -0.05) is 0 Å². The zero-order valence-corrected chi connectivity index (χ0v) is 13.0. The molecule has 0 radical (unpaired) electrons. The number of hydrogen-bond donors (Lipinski definition) is 2. The van der Waals surface area contributed by atoms with Gasteiger partial charge in [0.2, 0.25) is 5.91 Å². The first-order chi connectivity index (χ1) is 10.9. The minimum absolute atomic E-state index is 0.109. The van der Waals surface area contributed by atoms with Gasteiger partial charge in [-0.3, -0.25) is 9.59 Å². The number of carbonyl (C=O) groups is 3. The predicted molar refractivity (Wildman–Crippen MR) is 78.1 cm³/mol. The molecule has 0 atom stereocenters. The summed E-state index contributed by atoms with van der Waals surface area (Å²) < 4.78 is 29.5. The van der Waals surface area contributed by atoms with E-state index in [0.29, 0.717) is 6.54 Å². The Kier molecular flexibility index (Phi) is 7.95. The molecular weight excluding hydrogens is 332 g/mol. The fourth-order valence-electron chi connectivity index (χ4n) is 1.42. The van der Waals surface area contributed by atoms with Crippen LogP contribution in [0, 0.1) is 0 Å². The smallest absolute Gasteiger partial charge is 0.341 e.